The van der Waals surface area contributed by atoms with E-state index in [9.17, 15) is 4.21 Å². The molecule has 2 nitrogen and oxygen atoms in total. The first-order valence-corrected chi connectivity index (χ1v) is 5.73. The van der Waals surface area contributed by atoms with Gasteiger partial charge in [-0.2, -0.15) is 0 Å². The van der Waals surface area contributed by atoms with Crippen molar-refractivity contribution in [3.63, 3.8) is 0 Å². The molecule has 0 fully saturated rings. The predicted octanol–water partition coefficient (Wildman–Crippen LogP) is 0.953. The van der Waals surface area contributed by atoms with Crippen molar-refractivity contribution in [2.75, 3.05) is 20.4 Å². The summed E-state index contributed by atoms with van der Waals surface area (Å²) < 4.78 is 14.9. The van der Waals surface area contributed by atoms with E-state index < -0.39 is 17.8 Å². The molecule has 0 saturated heterocycles. The smallest absolute Gasteiger partial charge is 0.175 e. The molecule has 0 rings (SSSR count). The fourth-order valence-electron chi connectivity index (χ4n) is 0.149. The van der Waals surface area contributed by atoms with E-state index in [1.54, 1.807) is 0 Å². The molecule has 0 heterocycles. The monoisotopic (exact) mass is 140 g/mol. The molecule has 0 bridgehead atoms. The largest absolute Gasteiger partial charge is 0.291 e. The lowest BCUT2D eigenvalue weighted by Gasteiger charge is -1.98. The molecule has 0 aromatic heterocycles. The van der Waals surface area contributed by atoms with E-state index in [1.165, 1.54) is 7.11 Å². The second-order valence-electron chi connectivity index (χ2n) is 1.20. The van der Waals surface area contributed by atoms with Gasteiger partial charge in [0.15, 0.2) is 10.7 Å². The van der Waals surface area contributed by atoms with Crippen molar-refractivity contribution in [2.24, 2.45) is 0 Å². The van der Waals surface area contributed by atoms with Crippen LogP contribution in [-0.4, -0.2) is 24.6 Å². The first-order valence-electron chi connectivity index (χ1n) is 1.82. The Hall–Kier alpha value is 0.540. The third-order valence-electron chi connectivity index (χ3n) is 0.441. The molecule has 0 N–H and O–H groups in total. The van der Waals surface area contributed by atoms with E-state index in [4.69, 9.17) is 0 Å². The summed E-state index contributed by atoms with van der Waals surface area (Å²) in [6, 6.07) is 0. The number of hydrogen-bond donors (Lipinski definition) is 0. The lowest BCUT2D eigenvalue weighted by molar-refractivity contribution is 0.457. The summed E-state index contributed by atoms with van der Waals surface area (Å²) in [5, 5.41) is 0. The maximum absolute atomic E-state index is 10.4. The van der Waals surface area contributed by atoms with Gasteiger partial charge in [0.05, 0.1) is 7.11 Å². The summed E-state index contributed by atoms with van der Waals surface area (Å²) in [6.45, 7) is 3.82. The minimum Gasteiger partial charge on any atom is -0.291 e. The van der Waals surface area contributed by atoms with Gasteiger partial charge in [0, 0.05) is 7.12 Å². The molecular formula is C3H9O2PS. The lowest BCUT2D eigenvalue weighted by atomic mass is 11.8. The van der Waals surface area contributed by atoms with Crippen LogP contribution in [0.25, 0.3) is 0 Å². The van der Waals surface area contributed by atoms with E-state index in [1.807, 2.05) is 13.3 Å². The van der Waals surface area contributed by atoms with Crippen LogP contribution in [0.3, 0.4) is 0 Å². The average molecular weight is 140 g/mol. The Kier molecular flexibility index (Phi) is 3.80. The van der Waals surface area contributed by atoms with Crippen LogP contribution in [0.4, 0.5) is 0 Å². The zero-order chi connectivity index (χ0) is 5.86. The van der Waals surface area contributed by atoms with Crippen molar-refractivity contribution in [1.29, 1.82) is 0 Å². The Balaban J connectivity index is 3.35. The summed E-state index contributed by atoms with van der Waals surface area (Å²) in [5.41, 5.74) is 0. The molecule has 0 radical (unpaired) electrons. The van der Waals surface area contributed by atoms with Gasteiger partial charge in [-0.25, -0.2) is 4.21 Å². The highest BCUT2D eigenvalue weighted by Crippen LogP contribution is 2.29. The lowest BCUT2D eigenvalue weighted by Crippen LogP contribution is -1.85. The normalized spacial score (nSPS) is 14.9. The molecule has 1 unspecified atom stereocenters. The third kappa shape index (κ3) is 3.15. The van der Waals surface area contributed by atoms with E-state index in [-0.39, 0.29) is 0 Å². The summed E-state index contributed by atoms with van der Waals surface area (Å²) >= 11 is 0. The van der Waals surface area contributed by atoms with Crippen LogP contribution in [0.1, 0.15) is 0 Å². The standard InChI is InChI=1S/C3H9O2PS/c1-5-7(4)6(2)3/h1-3H3. The van der Waals surface area contributed by atoms with Crippen molar-refractivity contribution in [1.82, 2.24) is 0 Å². The van der Waals surface area contributed by atoms with Gasteiger partial charge in [0.1, 0.15) is 0 Å². The Bertz CT molecular complexity index is 73.3. The molecule has 0 aliphatic carbocycles. The van der Waals surface area contributed by atoms with Gasteiger partial charge in [0.25, 0.3) is 0 Å². The van der Waals surface area contributed by atoms with Crippen LogP contribution in [0.15, 0.2) is 0 Å². The second kappa shape index (κ2) is 3.53. The molecule has 44 valence electrons. The van der Waals surface area contributed by atoms with Crippen molar-refractivity contribution in [3.05, 3.63) is 0 Å². The molecular weight excluding hydrogens is 131 g/mol. The van der Waals surface area contributed by atoms with Gasteiger partial charge in [-0.05, 0) is 13.3 Å². The maximum Gasteiger partial charge on any atom is 0.175 e. The van der Waals surface area contributed by atoms with Gasteiger partial charge in [-0.3, -0.25) is 4.18 Å². The van der Waals surface area contributed by atoms with E-state index >= 15 is 0 Å². The van der Waals surface area contributed by atoms with Crippen molar-refractivity contribution in [2.45, 2.75) is 0 Å². The molecule has 0 aliphatic rings. The minimum atomic E-state index is -1.01. The summed E-state index contributed by atoms with van der Waals surface area (Å²) in [7, 11) is 0.0311. The summed E-state index contributed by atoms with van der Waals surface area (Å²) in [6.07, 6.45) is 0. The van der Waals surface area contributed by atoms with E-state index in [2.05, 4.69) is 4.18 Å². The van der Waals surface area contributed by atoms with Crippen LogP contribution in [0, 0.1) is 0 Å². The van der Waals surface area contributed by atoms with Gasteiger partial charge in [-0.15, -0.1) is 0 Å². The van der Waals surface area contributed by atoms with Crippen LogP contribution in [0.5, 0.6) is 0 Å². The van der Waals surface area contributed by atoms with E-state index in [0.29, 0.717) is 0 Å². The summed E-state index contributed by atoms with van der Waals surface area (Å²) in [5.74, 6) is 0. The third-order valence-corrected chi connectivity index (χ3v) is 3.56. The first-order chi connectivity index (χ1) is 3.18. The van der Waals surface area contributed by atoms with Crippen LogP contribution >= 0.6 is 7.12 Å². The second-order valence-corrected chi connectivity index (χ2v) is 6.67. The molecule has 7 heavy (non-hydrogen) atoms. The van der Waals surface area contributed by atoms with Gasteiger partial charge >= 0.3 is 0 Å². The van der Waals surface area contributed by atoms with Crippen LogP contribution in [-0.2, 0) is 14.9 Å². The van der Waals surface area contributed by atoms with Gasteiger partial charge in [0.2, 0.25) is 0 Å². The molecule has 1 atom stereocenters. The Morgan fingerprint density at radius 2 is 2.00 bits per heavy atom. The van der Waals surface area contributed by atoms with Gasteiger partial charge < -0.3 is 0 Å². The predicted molar refractivity (Wildman–Crippen MR) is 33.9 cm³/mol. The Morgan fingerprint density at radius 1 is 1.57 bits per heavy atom. The van der Waals surface area contributed by atoms with Crippen molar-refractivity contribution >= 4 is 17.8 Å². The zero-order valence-corrected chi connectivity index (χ0v) is 6.38. The molecule has 0 aliphatic heterocycles. The quantitative estimate of drug-likeness (QED) is 0.534. The first kappa shape index (κ1) is 7.54. The highest BCUT2D eigenvalue weighted by Gasteiger charge is 1.99. The van der Waals surface area contributed by atoms with Crippen molar-refractivity contribution in [3.8, 4) is 0 Å². The fourth-order valence-corrected chi connectivity index (χ4v) is 1.34. The summed E-state index contributed by atoms with van der Waals surface area (Å²) in [4.78, 5) is 0. The van der Waals surface area contributed by atoms with Crippen LogP contribution < -0.4 is 0 Å². The van der Waals surface area contributed by atoms with E-state index in [0.717, 1.165) is 0 Å². The molecule has 4 heteroatoms. The molecule has 0 saturated carbocycles. The Labute approximate surface area is 47.4 Å². The number of rotatable bonds is 2. The molecule has 0 aromatic carbocycles. The van der Waals surface area contributed by atoms with Crippen LogP contribution in [0.2, 0.25) is 0 Å². The average Bonchev–Trinajstić information content (AvgIpc) is 1.65. The highest BCUT2D eigenvalue weighted by atomic mass is 32.8. The topological polar surface area (TPSA) is 26.3 Å². The zero-order valence-electron chi connectivity index (χ0n) is 4.67. The maximum atomic E-state index is 10.4. The molecule has 0 spiro atoms. The molecule has 0 amide bonds. The number of hydrogen-bond acceptors (Lipinski definition) is 2. The highest BCUT2D eigenvalue weighted by molar-refractivity contribution is 8.43. The Morgan fingerprint density at radius 3 is 2.00 bits per heavy atom. The fraction of sp³-hybridized carbons (Fsp3) is 1.00. The van der Waals surface area contributed by atoms with Crippen molar-refractivity contribution < 1.29 is 8.39 Å². The minimum absolute atomic E-state index is 0.412. The van der Waals surface area contributed by atoms with Gasteiger partial charge in [-0.1, -0.05) is 0 Å². The SMILES string of the molecule is COS(=O)P(C)C. The molecule has 0 aromatic rings.